The molecule has 2 aliphatic rings. The number of halogens is 1. The maximum Gasteiger partial charge on any atom is 0.276 e. The lowest BCUT2D eigenvalue weighted by atomic mass is 10.1. The highest BCUT2D eigenvalue weighted by Crippen LogP contribution is 2.36. The normalized spacial score (nSPS) is 15.7. The van der Waals surface area contributed by atoms with E-state index in [2.05, 4.69) is 37.7 Å². The van der Waals surface area contributed by atoms with Gasteiger partial charge in [-0.3, -0.25) is 4.79 Å². The van der Waals surface area contributed by atoms with Crippen LogP contribution >= 0.6 is 0 Å². The van der Waals surface area contributed by atoms with Crippen LogP contribution < -0.4 is 16.2 Å². The number of hydrogen-bond donors (Lipinski definition) is 2. The van der Waals surface area contributed by atoms with Crippen molar-refractivity contribution < 1.29 is 4.39 Å². The van der Waals surface area contributed by atoms with Crippen LogP contribution in [0.5, 0.6) is 0 Å². The van der Waals surface area contributed by atoms with Crippen molar-refractivity contribution in [2.24, 2.45) is 0 Å². The lowest BCUT2D eigenvalue weighted by Gasteiger charge is -2.16. The lowest BCUT2D eigenvalue weighted by molar-refractivity contribution is 0.206. The molecule has 4 aromatic rings. The van der Waals surface area contributed by atoms with E-state index in [1.807, 2.05) is 12.1 Å². The summed E-state index contributed by atoms with van der Waals surface area (Å²) in [6.07, 6.45) is 4.98. The third-order valence-electron chi connectivity index (χ3n) is 6.16. The van der Waals surface area contributed by atoms with E-state index in [-0.39, 0.29) is 17.4 Å². The fourth-order valence-electron chi connectivity index (χ4n) is 4.34. The highest BCUT2D eigenvalue weighted by Gasteiger charge is 2.31. The molecule has 0 bridgehead atoms. The Labute approximate surface area is 189 Å². The van der Waals surface area contributed by atoms with Crippen molar-refractivity contribution in [3.63, 3.8) is 0 Å². The summed E-state index contributed by atoms with van der Waals surface area (Å²) in [7, 11) is 0. The molecule has 3 aromatic heterocycles. The molecule has 4 heterocycles. The quantitative estimate of drug-likeness (QED) is 0.485. The van der Waals surface area contributed by atoms with E-state index in [1.54, 1.807) is 21.6 Å². The number of nitrogens with zero attached hydrogens (tertiary/aromatic N) is 5. The highest BCUT2D eigenvalue weighted by molar-refractivity contribution is 5.82. The van der Waals surface area contributed by atoms with Crippen LogP contribution in [0.2, 0.25) is 0 Å². The first kappa shape index (κ1) is 20.0. The number of fused-ring (bicyclic) bond motifs is 2. The number of aromatic nitrogens is 5. The molecule has 0 atom stereocenters. The van der Waals surface area contributed by atoms with Crippen LogP contribution in [0.25, 0.3) is 16.7 Å². The van der Waals surface area contributed by atoms with Crippen LogP contribution in [0.15, 0.2) is 47.5 Å². The van der Waals surface area contributed by atoms with Crippen molar-refractivity contribution in [2.45, 2.75) is 51.5 Å². The van der Waals surface area contributed by atoms with Gasteiger partial charge in [-0.15, -0.1) is 0 Å². The van der Waals surface area contributed by atoms with Crippen LogP contribution in [-0.4, -0.2) is 24.3 Å². The second kappa shape index (κ2) is 7.21. The Balaban J connectivity index is 1.48. The predicted octanol–water partition coefficient (Wildman–Crippen LogP) is 3.86. The Morgan fingerprint density at radius 1 is 1.12 bits per heavy atom. The second-order valence-electron chi connectivity index (χ2n) is 9.20. The molecule has 1 aliphatic carbocycles. The third kappa shape index (κ3) is 3.48. The summed E-state index contributed by atoms with van der Waals surface area (Å²) in [5, 5.41) is 7.21. The Morgan fingerprint density at radius 2 is 1.94 bits per heavy atom. The number of alkyl halides is 1. The molecule has 6 rings (SSSR count). The molecule has 0 radical (unpaired) electrons. The number of benzene rings is 1. The van der Waals surface area contributed by atoms with Crippen molar-refractivity contribution in [3.8, 4) is 5.82 Å². The Morgan fingerprint density at radius 3 is 2.73 bits per heavy atom. The van der Waals surface area contributed by atoms with Gasteiger partial charge in [-0.1, -0.05) is 6.07 Å². The smallest absolute Gasteiger partial charge is 0.276 e. The van der Waals surface area contributed by atoms with Gasteiger partial charge in [-0.2, -0.15) is 0 Å². The van der Waals surface area contributed by atoms with E-state index in [4.69, 9.17) is 0 Å². The number of pyridine rings is 1. The van der Waals surface area contributed by atoms with Gasteiger partial charge in [0, 0.05) is 43.3 Å². The molecular weight excluding hydrogens is 421 g/mol. The average Bonchev–Trinajstić information content (AvgIpc) is 3.45. The molecule has 1 aromatic carbocycles. The van der Waals surface area contributed by atoms with Crippen molar-refractivity contribution in [3.05, 3.63) is 70.0 Å². The number of nitrogens with one attached hydrogen (secondary N) is 2. The maximum absolute atomic E-state index is 14.6. The summed E-state index contributed by atoms with van der Waals surface area (Å²) in [6, 6.07) is 9.90. The molecule has 9 heteroatoms. The Hall–Kier alpha value is -3.59. The summed E-state index contributed by atoms with van der Waals surface area (Å²) >= 11 is 0. The average molecular weight is 446 g/mol. The Kier molecular flexibility index (Phi) is 4.38. The summed E-state index contributed by atoms with van der Waals surface area (Å²) in [4.78, 5) is 26.3. The molecule has 8 nitrogen and oxygen atoms in total. The lowest BCUT2D eigenvalue weighted by Crippen LogP contribution is -2.23. The van der Waals surface area contributed by atoms with Crippen LogP contribution in [0.4, 0.5) is 15.9 Å². The van der Waals surface area contributed by atoms with E-state index < -0.39 is 5.67 Å². The van der Waals surface area contributed by atoms with Gasteiger partial charge < -0.3 is 10.6 Å². The van der Waals surface area contributed by atoms with Crippen LogP contribution in [0, 0.1) is 0 Å². The summed E-state index contributed by atoms with van der Waals surface area (Å²) in [6.45, 7) is 4.58. The van der Waals surface area contributed by atoms with Gasteiger partial charge in [-0.05, 0) is 49.9 Å². The zero-order valence-electron chi connectivity index (χ0n) is 18.5. The van der Waals surface area contributed by atoms with Gasteiger partial charge in [0.05, 0.1) is 16.9 Å². The molecule has 33 heavy (non-hydrogen) atoms. The summed E-state index contributed by atoms with van der Waals surface area (Å²) < 4.78 is 18.1. The van der Waals surface area contributed by atoms with Gasteiger partial charge in [0.25, 0.3) is 5.56 Å². The van der Waals surface area contributed by atoms with Gasteiger partial charge in [0.15, 0.2) is 17.3 Å². The van der Waals surface area contributed by atoms with E-state index in [9.17, 15) is 9.18 Å². The standard InChI is InChI=1S/C24H24FN7O/c1-24(2,25)23-27-8-7-21(30-23)32-19-10-20(28-13-18(19)22(33)31(32)17-5-6-17)29-16-4-3-14-11-26-12-15(14)9-16/h3-4,7-10,13,17,26H,5-6,11-12H2,1-2H3,(H,28,29). The van der Waals surface area contributed by atoms with Crippen molar-refractivity contribution in [1.29, 1.82) is 0 Å². The molecular formula is C24H24FN7O. The fourth-order valence-corrected chi connectivity index (χ4v) is 4.34. The minimum Gasteiger partial charge on any atom is -0.340 e. The molecule has 0 unspecified atom stereocenters. The molecule has 0 saturated heterocycles. The first-order valence-electron chi connectivity index (χ1n) is 11.1. The van der Waals surface area contributed by atoms with Crippen LogP contribution in [-0.2, 0) is 18.8 Å². The minimum atomic E-state index is -1.69. The fraction of sp³-hybridized carbons (Fsp3) is 0.333. The number of anilines is 2. The van der Waals surface area contributed by atoms with Crippen molar-refractivity contribution in [2.75, 3.05) is 5.32 Å². The van der Waals surface area contributed by atoms with E-state index in [1.165, 1.54) is 31.2 Å². The molecule has 1 fully saturated rings. The molecule has 0 amide bonds. The topological polar surface area (TPSA) is 89.7 Å². The zero-order valence-corrected chi connectivity index (χ0v) is 18.5. The third-order valence-corrected chi connectivity index (χ3v) is 6.16. The number of hydrogen-bond acceptors (Lipinski definition) is 6. The van der Waals surface area contributed by atoms with Gasteiger partial charge in [-0.25, -0.2) is 28.7 Å². The van der Waals surface area contributed by atoms with Crippen LogP contribution in [0.1, 0.15) is 49.7 Å². The summed E-state index contributed by atoms with van der Waals surface area (Å²) in [5.41, 5.74) is 2.36. The van der Waals surface area contributed by atoms with E-state index in [0.717, 1.165) is 31.6 Å². The highest BCUT2D eigenvalue weighted by atomic mass is 19.1. The molecule has 0 spiro atoms. The van der Waals surface area contributed by atoms with E-state index in [0.29, 0.717) is 22.5 Å². The van der Waals surface area contributed by atoms with Gasteiger partial charge in [0.1, 0.15) is 5.82 Å². The maximum atomic E-state index is 14.6. The number of rotatable bonds is 5. The molecule has 1 saturated carbocycles. The van der Waals surface area contributed by atoms with E-state index >= 15 is 0 Å². The summed E-state index contributed by atoms with van der Waals surface area (Å²) in [5.74, 6) is 1.16. The van der Waals surface area contributed by atoms with Crippen molar-refractivity contribution >= 4 is 22.4 Å². The molecule has 168 valence electrons. The van der Waals surface area contributed by atoms with Crippen molar-refractivity contribution in [1.82, 2.24) is 29.6 Å². The Bertz CT molecular complexity index is 1450. The molecule has 1 aliphatic heterocycles. The first-order valence-corrected chi connectivity index (χ1v) is 11.1. The minimum absolute atomic E-state index is 0.0794. The predicted molar refractivity (Wildman–Crippen MR) is 124 cm³/mol. The first-order chi connectivity index (χ1) is 15.9. The van der Waals surface area contributed by atoms with Gasteiger partial charge in [0.2, 0.25) is 0 Å². The largest absolute Gasteiger partial charge is 0.340 e. The monoisotopic (exact) mass is 445 g/mol. The second-order valence-corrected chi connectivity index (χ2v) is 9.20. The molecule has 2 N–H and O–H groups in total. The van der Waals surface area contributed by atoms with Crippen LogP contribution in [0.3, 0.4) is 0 Å². The zero-order chi connectivity index (χ0) is 22.7. The van der Waals surface area contributed by atoms with Gasteiger partial charge >= 0.3 is 0 Å². The SMILES string of the molecule is CC(C)(F)c1nccc(-n2c3cc(Nc4ccc5c(c4)CNC5)ncc3c(=O)n2C2CC2)n1.